The van der Waals surface area contributed by atoms with Gasteiger partial charge in [-0.2, -0.15) is 0 Å². The maximum absolute atomic E-state index is 12.1. The van der Waals surface area contributed by atoms with E-state index in [1.165, 1.54) is 11.3 Å². The molecule has 0 saturated carbocycles. The molecule has 0 fully saturated rings. The summed E-state index contributed by atoms with van der Waals surface area (Å²) >= 11 is 1.32. The smallest absolute Gasteiger partial charge is 0.325 e. The van der Waals surface area contributed by atoms with E-state index in [0.717, 1.165) is 35.3 Å². The minimum absolute atomic E-state index is 0.340. The van der Waals surface area contributed by atoms with Gasteiger partial charge in [0.2, 0.25) is 0 Å². The Balaban J connectivity index is 1.48. The standard InChI is InChI=1S/C20H21N3O5S/c1-11-4-2-5-12(8-11)19(27)22-9-16(25)28-10-15(24)23-20-17(18(21)26)13-6-3-7-14(13)29-20/h2,4-5,8H,3,6-7,9-10H2,1H3,(H2,21,26)(H,22,27)(H,23,24). The van der Waals surface area contributed by atoms with Crippen LogP contribution >= 0.6 is 11.3 Å². The first-order chi connectivity index (χ1) is 13.8. The zero-order chi connectivity index (χ0) is 21.0. The number of nitrogens with one attached hydrogen (secondary N) is 2. The van der Waals surface area contributed by atoms with Crippen LogP contribution in [0.5, 0.6) is 0 Å². The van der Waals surface area contributed by atoms with Crippen LogP contribution in [0.2, 0.25) is 0 Å². The predicted molar refractivity (Wildman–Crippen MR) is 108 cm³/mol. The number of nitrogens with two attached hydrogens (primary N) is 1. The van der Waals surface area contributed by atoms with Crippen molar-refractivity contribution in [3.63, 3.8) is 0 Å². The molecule has 1 aliphatic rings. The Morgan fingerprint density at radius 1 is 1.21 bits per heavy atom. The van der Waals surface area contributed by atoms with Gasteiger partial charge in [-0.1, -0.05) is 17.7 Å². The topological polar surface area (TPSA) is 128 Å². The van der Waals surface area contributed by atoms with Crippen molar-refractivity contribution in [2.45, 2.75) is 26.2 Å². The predicted octanol–water partition coefficient (Wildman–Crippen LogP) is 1.56. The average molecular weight is 415 g/mol. The molecule has 0 atom stereocenters. The molecule has 1 aromatic heterocycles. The van der Waals surface area contributed by atoms with E-state index in [1.807, 2.05) is 13.0 Å². The second-order valence-corrected chi connectivity index (χ2v) is 7.79. The van der Waals surface area contributed by atoms with Crippen LogP contribution in [-0.4, -0.2) is 36.8 Å². The Morgan fingerprint density at radius 2 is 2.00 bits per heavy atom. The van der Waals surface area contributed by atoms with Crippen molar-refractivity contribution in [1.29, 1.82) is 0 Å². The van der Waals surface area contributed by atoms with Crippen LogP contribution in [0.25, 0.3) is 0 Å². The molecule has 4 N–H and O–H groups in total. The van der Waals surface area contributed by atoms with E-state index in [2.05, 4.69) is 10.6 Å². The normalized spacial score (nSPS) is 12.2. The SMILES string of the molecule is Cc1cccc(C(=O)NCC(=O)OCC(=O)Nc2sc3c(c2C(N)=O)CCC3)c1. The highest BCUT2D eigenvalue weighted by Crippen LogP contribution is 2.38. The third-order valence-corrected chi connectivity index (χ3v) is 5.67. The monoisotopic (exact) mass is 415 g/mol. The number of amides is 3. The Bertz CT molecular complexity index is 982. The zero-order valence-corrected chi connectivity index (χ0v) is 16.7. The van der Waals surface area contributed by atoms with Crippen molar-refractivity contribution < 1.29 is 23.9 Å². The van der Waals surface area contributed by atoms with E-state index in [9.17, 15) is 19.2 Å². The van der Waals surface area contributed by atoms with Crippen LogP contribution in [-0.2, 0) is 27.2 Å². The van der Waals surface area contributed by atoms with Crippen LogP contribution < -0.4 is 16.4 Å². The molecule has 1 aliphatic carbocycles. The van der Waals surface area contributed by atoms with Crippen molar-refractivity contribution in [2.75, 3.05) is 18.5 Å². The van der Waals surface area contributed by atoms with E-state index < -0.39 is 30.3 Å². The summed E-state index contributed by atoms with van der Waals surface area (Å²) in [6.07, 6.45) is 2.57. The summed E-state index contributed by atoms with van der Waals surface area (Å²) in [5.74, 6) is -2.32. The van der Waals surface area contributed by atoms with Gasteiger partial charge in [0.15, 0.2) is 6.61 Å². The molecular formula is C20H21N3O5S. The number of primary amides is 1. The fourth-order valence-electron chi connectivity index (χ4n) is 3.15. The molecule has 0 saturated heterocycles. The Kier molecular flexibility index (Phi) is 6.28. The molecule has 1 heterocycles. The molecule has 0 aliphatic heterocycles. The van der Waals surface area contributed by atoms with Gasteiger partial charge in [0, 0.05) is 10.4 Å². The third-order valence-electron chi connectivity index (χ3n) is 4.46. The van der Waals surface area contributed by atoms with Gasteiger partial charge in [0.1, 0.15) is 11.5 Å². The molecule has 0 spiro atoms. The van der Waals surface area contributed by atoms with Crippen LogP contribution in [0.3, 0.4) is 0 Å². The van der Waals surface area contributed by atoms with Gasteiger partial charge in [0.25, 0.3) is 17.7 Å². The van der Waals surface area contributed by atoms with Crippen molar-refractivity contribution in [3.8, 4) is 0 Å². The van der Waals surface area contributed by atoms with Crippen molar-refractivity contribution in [3.05, 3.63) is 51.4 Å². The molecule has 152 valence electrons. The number of carbonyl (C=O) groups excluding carboxylic acids is 4. The van der Waals surface area contributed by atoms with Gasteiger partial charge >= 0.3 is 5.97 Å². The minimum Gasteiger partial charge on any atom is -0.454 e. The third kappa shape index (κ3) is 5.00. The lowest BCUT2D eigenvalue weighted by atomic mass is 10.1. The van der Waals surface area contributed by atoms with E-state index in [-0.39, 0.29) is 6.54 Å². The number of carbonyl (C=O) groups is 4. The van der Waals surface area contributed by atoms with Gasteiger partial charge in [-0.3, -0.25) is 19.2 Å². The highest BCUT2D eigenvalue weighted by molar-refractivity contribution is 7.17. The summed E-state index contributed by atoms with van der Waals surface area (Å²) < 4.78 is 4.89. The van der Waals surface area contributed by atoms with Gasteiger partial charge < -0.3 is 21.1 Å². The molecule has 3 amide bonds. The molecule has 2 aromatic rings. The number of anilines is 1. The second-order valence-electron chi connectivity index (χ2n) is 6.69. The lowest BCUT2D eigenvalue weighted by molar-refractivity contribution is -0.146. The molecule has 0 unspecified atom stereocenters. The number of benzene rings is 1. The number of fused-ring (bicyclic) bond motifs is 1. The van der Waals surface area contributed by atoms with Crippen LogP contribution in [0, 0.1) is 6.92 Å². The van der Waals surface area contributed by atoms with E-state index >= 15 is 0 Å². The quantitative estimate of drug-likeness (QED) is 0.591. The molecule has 1 aromatic carbocycles. The highest BCUT2D eigenvalue weighted by atomic mass is 32.1. The van der Waals surface area contributed by atoms with Crippen molar-refractivity contribution >= 4 is 40.0 Å². The Labute approximate surface area is 171 Å². The number of thiophene rings is 1. The molecule has 3 rings (SSSR count). The number of esters is 1. The van der Waals surface area contributed by atoms with Crippen molar-refractivity contribution in [2.24, 2.45) is 5.73 Å². The molecule has 0 bridgehead atoms. The lowest BCUT2D eigenvalue weighted by Gasteiger charge is -2.08. The van der Waals surface area contributed by atoms with Gasteiger partial charge in [-0.05, 0) is 43.9 Å². The van der Waals surface area contributed by atoms with Crippen LogP contribution in [0.4, 0.5) is 5.00 Å². The van der Waals surface area contributed by atoms with Gasteiger partial charge in [-0.15, -0.1) is 11.3 Å². The number of hydrogen-bond donors (Lipinski definition) is 3. The fraction of sp³-hybridized carbons (Fsp3) is 0.300. The second kappa shape index (κ2) is 8.87. The van der Waals surface area contributed by atoms with E-state index in [0.29, 0.717) is 16.1 Å². The van der Waals surface area contributed by atoms with Gasteiger partial charge in [-0.25, -0.2) is 0 Å². The number of ether oxygens (including phenoxy) is 1. The molecule has 29 heavy (non-hydrogen) atoms. The van der Waals surface area contributed by atoms with Crippen LogP contribution in [0.15, 0.2) is 24.3 Å². The lowest BCUT2D eigenvalue weighted by Crippen LogP contribution is -2.32. The summed E-state index contributed by atoms with van der Waals surface area (Å²) in [6, 6.07) is 6.93. The number of hydrogen-bond acceptors (Lipinski definition) is 6. The molecule has 8 nitrogen and oxygen atoms in total. The highest BCUT2D eigenvalue weighted by Gasteiger charge is 2.26. The number of rotatable bonds is 7. The maximum Gasteiger partial charge on any atom is 0.325 e. The summed E-state index contributed by atoms with van der Waals surface area (Å²) in [5.41, 5.74) is 8.04. The minimum atomic E-state index is -0.745. The molecule has 0 radical (unpaired) electrons. The first kappa shape index (κ1) is 20.5. The largest absolute Gasteiger partial charge is 0.454 e. The Hall–Kier alpha value is -3.20. The molecular weight excluding hydrogens is 394 g/mol. The Morgan fingerprint density at radius 3 is 2.72 bits per heavy atom. The summed E-state index contributed by atoms with van der Waals surface area (Å²) in [4.78, 5) is 48.7. The first-order valence-corrected chi connectivity index (χ1v) is 9.91. The molecule has 9 heteroatoms. The van der Waals surface area contributed by atoms with Crippen molar-refractivity contribution in [1.82, 2.24) is 5.32 Å². The zero-order valence-electron chi connectivity index (χ0n) is 15.9. The maximum atomic E-state index is 12.1. The summed E-state index contributed by atoms with van der Waals surface area (Å²) in [7, 11) is 0. The average Bonchev–Trinajstić information content (AvgIpc) is 3.24. The van der Waals surface area contributed by atoms with Gasteiger partial charge in [0.05, 0.1) is 5.56 Å². The number of aryl methyl sites for hydroxylation is 2. The van der Waals surface area contributed by atoms with E-state index in [4.69, 9.17) is 10.5 Å². The fourth-order valence-corrected chi connectivity index (χ4v) is 4.46. The first-order valence-electron chi connectivity index (χ1n) is 9.10. The summed E-state index contributed by atoms with van der Waals surface area (Å²) in [5, 5.41) is 5.42. The summed E-state index contributed by atoms with van der Waals surface area (Å²) in [6.45, 7) is 0.968. The van der Waals surface area contributed by atoms with E-state index in [1.54, 1.807) is 18.2 Å². The van der Waals surface area contributed by atoms with Crippen LogP contribution in [0.1, 0.15) is 43.1 Å².